The van der Waals surface area contributed by atoms with Crippen LogP contribution in [-0.2, 0) is 4.79 Å². The standard InChI is InChI=1S/C9H14INO/c1-5-9(12)11-8(4)6(2)7(3)10/h3,5H2,1-2,4H3,(H,11,12)/b8-6-. The van der Waals surface area contributed by atoms with Crippen LogP contribution in [0.15, 0.2) is 21.4 Å². The Balaban J connectivity index is 4.37. The van der Waals surface area contributed by atoms with E-state index in [2.05, 4.69) is 34.5 Å². The van der Waals surface area contributed by atoms with Gasteiger partial charge in [0.05, 0.1) is 0 Å². The maximum Gasteiger partial charge on any atom is 0.223 e. The number of carbonyl (C=O) groups excluding carboxylic acids is 1. The second kappa shape index (κ2) is 5.35. The molecule has 0 aromatic carbocycles. The molecule has 0 aromatic rings. The molecule has 0 aliphatic heterocycles. The predicted octanol–water partition coefficient (Wildman–Crippen LogP) is 2.76. The van der Waals surface area contributed by atoms with E-state index in [0.29, 0.717) is 6.42 Å². The summed E-state index contributed by atoms with van der Waals surface area (Å²) in [5.41, 5.74) is 1.93. The van der Waals surface area contributed by atoms with E-state index in [-0.39, 0.29) is 5.91 Å². The molecule has 0 bridgehead atoms. The minimum Gasteiger partial charge on any atom is -0.330 e. The summed E-state index contributed by atoms with van der Waals surface area (Å²) >= 11 is 2.14. The first-order valence-electron chi connectivity index (χ1n) is 3.81. The highest BCUT2D eigenvalue weighted by molar-refractivity contribution is 14.1. The van der Waals surface area contributed by atoms with Gasteiger partial charge in [-0.15, -0.1) is 0 Å². The van der Waals surface area contributed by atoms with Gasteiger partial charge in [-0.05, 0) is 42.0 Å². The average Bonchev–Trinajstić information content (AvgIpc) is 2.02. The van der Waals surface area contributed by atoms with Crippen molar-refractivity contribution in [3.8, 4) is 0 Å². The topological polar surface area (TPSA) is 29.1 Å². The molecule has 12 heavy (non-hydrogen) atoms. The van der Waals surface area contributed by atoms with Crippen LogP contribution in [0, 0.1) is 0 Å². The Kier molecular flexibility index (Phi) is 5.20. The van der Waals surface area contributed by atoms with Gasteiger partial charge in [0.15, 0.2) is 0 Å². The first-order valence-corrected chi connectivity index (χ1v) is 4.89. The van der Waals surface area contributed by atoms with Crippen LogP contribution in [0.1, 0.15) is 27.2 Å². The summed E-state index contributed by atoms with van der Waals surface area (Å²) < 4.78 is 0.960. The van der Waals surface area contributed by atoms with Gasteiger partial charge in [-0.3, -0.25) is 4.79 Å². The van der Waals surface area contributed by atoms with E-state index in [4.69, 9.17) is 0 Å². The van der Waals surface area contributed by atoms with Gasteiger partial charge in [0.1, 0.15) is 0 Å². The van der Waals surface area contributed by atoms with Crippen LogP contribution >= 0.6 is 22.6 Å². The Hall–Kier alpha value is -0.320. The van der Waals surface area contributed by atoms with Crippen LogP contribution < -0.4 is 5.32 Å². The zero-order chi connectivity index (χ0) is 9.72. The second-order valence-corrected chi connectivity index (χ2v) is 3.86. The van der Waals surface area contributed by atoms with Crippen molar-refractivity contribution >= 4 is 28.5 Å². The van der Waals surface area contributed by atoms with E-state index in [1.807, 2.05) is 20.8 Å². The monoisotopic (exact) mass is 279 g/mol. The molecule has 0 rings (SSSR count). The maximum atomic E-state index is 11.0. The number of amides is 1. The van der Waals surface area contributed by atoms with Gasteiger partial charge in [0.2, 0.25) is 5.91 Å². The fraction of sp³-hybridized carbons (Fsp3) is 0.444. The highest BCUT2D eigenvalue weighted by Gasteiger charge is 2.01. The Morgan fingerprint density at radius 3 is 2.33 bits per heavy atom. The lowest BCUT2D eigenvalue weighted by Crippen LogP contribution is -2.20. The third-order valence-electron chi connectivity index (χ3n) is 1.62. The lowest BCUT2D eigenvalue weighted by atomic mass is 10.2. The second-order valence-electron chi connectivity index (χ2n) is 2.56. The van der Waals surface area contributed by atoms with Crippen LogP contribution in [-0.4, -0.2) is 5.91 Å². The van der Waals surface area contributed by atoms with Gasteiger partial charge >= 0.3 is 0 Å². The van der Waals surface area contributed by atoms with Crippen molar-refractivity contribution in [2.45, 2.75) is 27.2 Å². The fourth-order valence-corrected chi connectivity index (χ4v) is 0.999. The molecule has 0 radical (unpaired) electrons. The first kappa shape index (κ1) is 11.7. The molecule has 68 valence electrons. The van der Waals surface area contributed by atoms with Crippen LogP contribution in [0.3, 0.4) is 0 Å². The first-order chi connectivity index (χ1) is 5.49. The van der Waals surface area contributed by atoms with Crippen LogP contribution in [0.4, 0.5) is 0 Å². The summed E-state index contributed by atoms with van der Waals surface area (Å²) in [6.07, 6.45) is 0.512. The number of nitrogens with one attached hydrogen (secondary N) is 1. The van der Waals surface area contributed by atoms with Crippen LogP contribution in [0.25, 0.3) is 0 Å². The molecule has 0 atom stereocenters. The highest BCUT2D eigenvalue weighted by atomic mass is 127. The van der Waals surface area contributed by atoms with Crippen molar-refractivity contribution in [3.05, 3.63) is 21.4 Å². The molecule has 0 spiro atoms. The quantitative estimate of drug-likeness (QED) is 0.624. The summed E-state index contributed by atoms with van der Waals surface area (Å²) in [6.45, 7) is 9.44. The molecule has 0 heterocycles. The van der Waals surface area contributed by atoms with Crippen molar-refractivity contribution in [3.63, 3.8) is 0 Å². The van der Waals surface area contributed by atoms with Gasteiger partial charge in [-0.1, -0.05) is 13.5 Å². The third kappa shape index (κ3) is 3.90. The summed E-state index contributed by atoms with van der Waals surface area (Å²) in [5.74, 6) is 0.0458. The highest BCUT2D eigenvalue weighted by Crippen LogP contribution is 2.16. The van der Waals surface area contributed by atoms with E-state index < -0.39 is 0 Å². The van der Waals surface area contributed by atoms with E-state index >= 15 is 0 Å². The summed E-state index contributed by atoms with van der Waals surface area (Å²) in [7, 11) is 0. The van der Waals surface area contributed by atoms with Gasteiger partial charge < -0.3 is 5.32 Å². The van der Waals surface area contributed by atoms with Gasteiger partial charge in [0, 0.05) is 15.7 Å². The summed E-state index contributed by atoms with van der Waals surface area (Å²) in [6, 6.07) is 0. The molecular formula is C9H14INO. The average molecular weight is 279 g/mol. The number of allylic oxidation sites excluding steroid dienone is 3. The zero-order valence-electron chi connectivity index (χ0n) is 7.70. The lowest BCUT2D eigenvalue weighted by Gasteiger charge is -2.07. The molecule has 1 N–H and O–H groups in total. The summed E-state index contributed by atoms with van der Waals surface area (Å²) in [5, 5.41) is 2.79. The molecule has 3 heteroatoms. The molecular weight excluding hydrogens is 265 g/mol. The van der Waals surface area contributed by atoms with E-state index in [1.165, 1.54) is 0 Å². The number of rotatable bonds is 3. The maximum absolute atomic E-state index is 11.0. The van der Waals surface area contributed by atoms with Crippen molar-refractivity contribution in [2.75, 3.05) is 0 Å². The molecule has 0 aromatic heterocycles. The van der Waals surface area contributed by atoms with Gasteiger partial charge in [0.25, 0.3) is 0 Å². The Morgan fingerprint density at radius 2 is 2.00 bits per heavy atom. The smallest absolute Gasteiger partial charge is 0.223 e. The molecule has 0 aliphatic carbocycles. The van der Waals surface area contributed by atoms with Crippen molar-refractivity contribution < 1.29 is 4.79 Å². The Labute approximate surface area is 87.3 Å². The molecule has 1 amide bonds. The number of hydrogen-bond acceptors (Lipinski definition) is 1. The van der Waals surface area contributed by atoms with Crippen LogP contribution in [0.5, 0.6) is 0 Å². The zero-order valence-corrected chi connectivity index (χ0v) is 9.86. The normalized spacial score (nSPS) is 12.0. The lowest BCUT2D eigenvalue weighted by molar-refractivity contribution is -0.120. The fourth-order valence-electron chi connectivity index (χ4n) is 0.595. The minimum absolute atomic E-state index is 0.0458. The minimum atomic E-state index is 0.0458. The number of hydrogen-bond donors (Lipinski definition) is 1. The number of halogens is 1. The van der Waals surface area contributed by atoms with Crippen molar-refractivity contribution in [1.29, 1.82) is 0 Å². The van der Waals surface area contributed by atoms with Gasteiger partial charge in [-0.2, -0.15) is 0 Å². The Morgan fingerprint density at radius 1 is 1.50 bits per heavy atom. The molecule has 0 unspecified atom stereocenters. The number of carbonyl (C=O) groups is 1. The molecule has 2 nitrogen and oxygen atoms in total. The van der Waals surface area contributed by atoms with E-state index in [0.717, 1.165) is 14.8 Å². The Bertz CT molecular complexity index is 231. The van der Waals surface area contributed by atoms with Crippen molar-refractivity contribution in [1.82, 2.24) is 5.32 Å². The van der Waals surface area contributed by atoms with Crippen molar-refractivity contribution in [2.24, 2.45) is 0 Å². The molecule has 0 saturated carbocycles. The largest absolute Gasteiger partial charge is 0.330 e. The SMILES string of the molecule is C=C(I)/C(C)=C(/C)NC(=O)CC. The molecule has 0 saturated heterocycles. The van der Waals surface area contributed by atoms with Crippen LogP contribution in [0.2, 0.25) is 0 Å². The van der Waals surface area contributed by atoms with Gasteiger partial charge in [-0.25, -0.2) is 0 Å². The van der Waals surface area contributed by atoms with E-state index in [9.17, 15) is 4.79 Å². The molecule has 0 fully saturated rings. The third-order valence-corrected chi connectivity index (χ3v) is 2.43. The predicted molar refractivity (Wildman–Crippen MR) is 60.0 cm³/mol. The van der Waals surface area contributed by atoms with E-state index in [1.54, 1.807) is 0 Å². The summed E-state index contributed by atoms with van der Waals surface area (Å²) in [4.78, 5) is 11.0. The molecule has 0 aliphatic rings.